The van der Waals surface area contributed by atoms with Crippen molar-refractivity contribution in [2.45, 2.75) is 52.8 Å². The molecule has 194 valence electrons. The normalized spacial score (nSPS) is 14.2. The maximum Gasteiger partial charge on any atom is 0.417 e. The molecule has 3 aromatic rings. The first-order valence-corrected chi connectivity index (χ1v) is 12.2. The van der Waals surface area contributed by atoms with Crippen LogP contribution in [-0.2, 0) is 27.4 Å². The summed E-state index contributed by atoms with van der Waals surface area (Å²) in [6.45, 7) is 7.94. The Kier molecular flexibility index (Phi) is 7.33. The quantitative estimate of drug-likeness (QED) is 0.505. The average Bonchev–Trinajstić information content (AvgIpc) is 3.14. The van der Waals surface area contributed by atoms with Crippen LogP contribution in [0.15, 0.2) is 47.0 Å². The lowest BCUT2D eigenvalue weighted by Gasteiger charge is -2.28. The number of fused-ring (bicyclic) bond motifs is 2. The van der Waals surface area contributed by atoms with Crippen molar-refractivity contribution in [3.05, 3.63) is 65.1 Å². The SMILES string of the molecule is Cc1c(CN(C)C(=O)C=Cc2cnc3c(c2)CN(C(=O)OC(C)(C)C)C(=O)CCN3)oc2ccccc12. The predicted octanol–water partition coefficient (Wildman–Crippen LogP) is 4.89. The number of imide groups is 1. The molecule has 1 aliphatic rings. The van der Waals surface area contributed by atoms with Gasteiger partial charge in [-0.05, 0) is 51.5 Å². The van der Waals surface area contributed by atoms with Crippen LogP contribution in [0.3, 0.4) is 0 Å². The number of pyridine rings is 1. The van der Waals surface area contributed by atoms with Gasteiger partial charge in [-0.15, -0.1) is 0 Å². The summed E-state index contributed by atoms with van der Waals surface area (Å²) in [5, 5.41) is 4.17. The number of aromatic nitrogens is 1. The van der Waals surface area contributed by atoms with Crippen LogP contribution in [0, 0.1) is 6.92 Å². The lowest BCUT2D eigenvalue weighted by Crippen LogP contribution is -2.42. The van der Waals surface area contributed by atoms with E-state index in [1.807, 2.05) is 31.2 Å². The van der Waals surface area contributed by atoms with Gasteiger partial charge in [0.05, 0.1) is 13.1 Å². The molecular formula is C28H32N4O5. The third-order valence-electron chi connectivity index (χ3n) is 5.98. The van der Waals surface area contributed by atoms with Crippen molar-refractivity contribution in [3.8, 4) is 0 Å². The molecule has 1 aromatic carbocycles. The fraction of sp³-hybridized carbons (Fsp3) is 0.357. The minimum Gasteiger partial charge on any atom is -0.459 e. The first kappa shape index (κ1) is 25.9. The maximum atomic E-state index is 12.8. The molecule has 9 nitrogen and oxygen atoms in total. The fourth-order valence-electron chi connectivity index (χ4n) is 4.03. The van der Waals surface area contributed by atoms with Gasteiger partial charge in [0.2, 0.25) is 11.8 Å². The van der Waals surface area contributed by atoms with E-state index >= 15 is 0 Å². The van der Waals surface area contributed by atoms with Crippen LogP contribution in [0.5, 0.6) is 0 Å². The molecule has 2 aromatic heterocycles. The third-order valence-corrected chi connectivity index (χ3v) is 5.98. The summed E-state index contributed by atoms with van der Waals surface area (Å²) in [4.78, 5) is 45.2. The lowest BCUT2D eigenvalue weighted by atomic mass is 10.1. The number of aryl methyl sites for hydroxylation is 1. The average molecular weight is 505 g/mol. The minimum atomic E-state index is -0.725. The van der Waals surface area contributed by atoms with Crippen molar-refractivity contribution in [3.63, 3.8) is 0 Å². The van der Waals surface area contributed by atoms with Gasteiger partial charge in [0.15, 0.2) is 0 Å². The van der Waals surface area contributed by atoms with Crippen LogP contribution in [0.25, 0.3) is 17.0 Å². The Morgan fingerprint density at radius 1 is 1.27 bits per heavy atom. The second kappa shape index (κ2) is 10.5. The summed E-state index contributed by atoms with van der Waals surface area (Å²) in [6, 6.07) is 9.59. The standard InChI is InChI=1S/C28H32N4O5/c1-18-21-8-6-7-9-22(21)36-23(18)17-31(5)24(33)11-10-19-14-20-16-32(27(35)37-28(2,3)4)25(34)12-13-29-26(20)30-15-19/h6-11,14-15H,12-13,16-17H2,1-5H3,(H,29,30). The van der Waals surface area contributed by atoms with Gasteiger partial charge < -0.3 is 19.4 Å². The van der Waals surface area contributed by atoms with E-state index in [9.17, 15) is 14.4 Å². The number of nitrogens with zero attached hydrogens (tertiary/aromatic N) is 3. The molecule has 0 aliphatic carbocycles. The molecule has 1 aliphatic heterocycles. The summed E-state index contributed by atoms with van der Waals surface area (Å²) in [7, 11) is 1.71. The second-order valence-electron chi connectivity index (χ2n) is 10.1. The molecule has 0 unspecified atom stereocenters. The Bertz CT molecular complexity index is 1370. The number of likely N-dealkylation sites (N-methyl/N-ethyl adjacent to an activating group) is 1. The Morgan fingerprint density at radius 2 is 2.03 bits per heavy atom. The molecule has 0 fully saturated rings. The first-order valence-electron chi connectivity index (χ1n) is 12.2. The fourth-order valence-corrected chi connectivity index (χ4v) is 4.03. The van der Waals surface area contributed by atoms with Crippen LogP contribution in [0.4, 0.5) is 10.6 Å². The van der Waals surface area contributed by atoms with Crippen LogP contribution in [0.2, 0.25) is 0 Å². The molecule has 3 heterocycles. The summed E-state index contributed by atoms with van der Waals surface area (Å²) in [5.41, 5.74) is 2.41. The number of hydrogen-bond acceptors (Lipinski definition) is 7. The Hall–Kier alpha value is -4.14. The highest BCUT2D eigenvalue weighted by Crippen LogP contribution is 2.26. The van der Waals surface area contributed by atoms with Gasteiger partial charge in [-0.2, -0.15) is 0 Å². The molecule has 0 radical (unpaired) electrons. The van der Waals surface area contributed by atoms with Crippen molar-refractivity contribution in [2.24, 2.45) is 0 Å². The van der Waals surface area contributed by atoms with Gasteiger partial charge in [0.25, 0.3) is 0 Å². The van der Waals surface area contributed by atoms with E-state index in [1.54, 1.807) is 51.1 Å². The molecular weight excluding hydrogens is 472 g/mol. The zero-order chi connectivity index (χ0) is 26.7. The highest BCUT2D eigenvalue weighted by molar-refractivity contribution is 5.93. The topological polar surface area (TPSA) is 105 Å². The highest BCUT2D eigenvalue weighted by atomic mass is 16.6. The lowest BCUT2D eigenvalue weighted by molar-refractivity contribution is -0.130. The molecule has 0 atom stereocenters. The molecule has 37 heavy (non-hydrogen) atoms. The van der Waals surface area contributed by atoms with E-state index in [4.69, 9.17) is 9.15 Å². The van der Waals surface area contributed by atoms with Gasteiger partial charge in [0.1, 0.15) is 22.8 Å². The Labute approximate surface area is 216 Å². The van der Waals surface area contributed by atoms with Gasteiger partial charge in [-0.3, -0.25) is 9.59 Å². The Morgan fingerprint density at radius 3 is 2.76 bits per heavy atom. The van der Waals surface area contributed by atoms with E-state index in [2.05, 4.69) is 10.3 Å². The van der Waals surface area contributed by atoms with Crippen molar-refractivity contribution < 1.29 is 23.5 Å². The summed E-state index contributed by atoms with van der Waals surface area (Å²) in [6.07, 6.45) is 4.22. The smallest absolute Gasteiger partial charge is 0.417 e. The second-order valence-corrected chi connectivity index (χ2v) is 10.1. The van der Waals surface area contributed by atoms with Crippen molar-refractivity contribution >= 4 is 40.8 Å². The molecule has 0 bridgehead atoms. The van der Waals surface area contributed by atoms with E-state index in [0.29, 0.717) is 30.0 Å². The first-order chi connectivity index (χ1) is 17.5. The van der Waals surface area contributed by atoms with E-state index in [-0.39, 0.29) is 24.8 Å². The van der Waals surface area contributed by atoms with Crippen molar-refractivity contribution in [1.82, 2.24) is 14.8 Å². The summed E-state index contributed by atoms with van der Waals surface area (Å²) in [5.74, 6) is 0.800. The number of carbonyl (C=O) groups excluding carboxylic acids is 3. The number of hydrogen-bond donors (Lipinski definition) is 1. The van der Waals surface area contributed by atoms with Crippen molar-refractivity contribution in [1.29, 1.82) is 0 Å². The number of benzene rings is 1. The van der Waals surface area contributed by atoms with E-state index in [0.717, 1.165) is 27.2 Å². The zero-order valence-corrected chi connectivity index (χ0v) is 21.8. The van der Waals surface area contributed by atoms with Crippen molar-refractivity contribution in [2.75, 3.05) is 18.9 Å². The van der Waals surface area contributed by atoms with E-state index < -0.39 is 11.7 Å². The largest absolute Gasteiger partial charge is 0.459 e. The number of rotatable bonds is 4. The number of para-hydroxylation sites is 1. The zero-order valence-electron chi connectivity index (χ0n) is 21.8. The molecule has 1 N–H and O–H groups in total. The van der Waals surface area contributed by atoms with Gasteiger partial charge in [0, 0.05) is 48.8 Å². The van der Waals surface area contributed by atoms with Crippen LogP contribution in [0.1, 0.15) is 49.6 Å². The monoisotopic (exact) mass is 504 g/mol. The molecule has 3 amide bonds. The predicted molar refractivity (Wildman–Crippen MR) is 141 cm³/mol. The highest BCUT2D eigenvalue weighted by Gasteiger charge is 2.29. The number of nitrogens with one attached hydrogen (secondary N) is 1. The molecule has 4 rings (SSSR count). The number of anilines is 1. The number of ether oxygens (including phenoxy) is 1. The molecule has 0 spiro atoms. The maximum absolute atomic E-state index is 12.8. The number of amides is 3. The molecule has 9 heteroatoms. The van der Waals surface area contributed by atoms with Crippen LogP contribution in [-0.4, -0.2) is 51.9 Å². The van der Waals surface area contributed by atoms with Crippen LogP contribution < -0.4 is 5.32 Å². The number of carbonyl (C=O) groups is 3. The van der Waals surface area contributed by atoms with Gasteiger partial charge in [-0.25, -0.2) is 14.7 Å². The summed E-state index contributed by atoms with van der Waals surface area (Å²) < 4.78 is 11.4. The van der Waals surface area contributed by atoms with Gasteiger partial charge >= 0.3 is 6.09 Å². The molecule has 0 saturated carbocycles. The summed E-state index contributed by atoms with van der Waals surface area (Å²) >= 11 is 0. The minimum absolute atomic E-state index is 0.0178. The number of furan rings is 1. The van der Waals surface area contributed by atoms with Crippen LogP contribution >= 0.6 is 0 Å². The third kappa shape index (κ3) is 6.17. The van der Waals surface area contributed by atoms with E-state index in [1.165, 1.54) is 6.08 Å². The molecule has 0 saturated heterocycles. The van der Waals surface area contributed by atoms with Gasteiger partial charge in [-0.1, -0.05) is 18.2 Å². The Balaban J connectivity index is 1.48.